The van der Waals surface area contributed by atoms with E-state index in [-0.39, 0.29) is 10.8 Å². The number of aromatic nitrogens is 2. The maximum Gasteiger partial charge on any atom is 0.269 e. The van der Waals surface area contributed by atoms with E-state index in [1.807, 2.05) is 0 Å². The average Bonchev–Trinajstić information content (AvgIpc) is 3.19. The number of benzene rings is 1. The van der Waals surface area contributed by atoms with Gasteiger partial charge in [0.05, 0.1) is 22.5 Å². The van der Waals surface area contributed by atoms with Crippen LogP contribution in [0.3, 0.4) is 0 Å². The second-order valence-corrected chi connectivity index (χ2v) is 9.18. The van der Waals surface area contributed by atoms with Crippen LogP contribution in [0.25, 0.3) is 11.0 Å². The van der Waals surface area contributed by atoms with Crippen LogP contribution in [0.5, 0.6) is 0 Å². The Labute approximate surface area is 168 Å². The third-order valence-electron chi connectivity index (χ3n) is 5.75. The number of carbonyl (C=O) groups is 1. The molecule has 0 unspecified atom stereocenters. The number of nitrogens with zero attached hydrogens (tertiary/aromatic N) is 3. The summed E-state index contributed by atoms with van der Waals surface area (Å²) in [5.74, 6) is -0.0224. The van der Waals surface area contributed by atoms with Gasteiger partial charge in [0.1, 0.15) is 5.54 Å². The molecule has 0 saturated carbocycles. The summed E-state index contributed by atoms with van der Waals surface area (Å²) in [6, 6.07) is 9.98. The minimum atomic E-state index is -3.78. The molecule has 5 rings (SSSR count). The van der Waals surface area contributed by atoms with Gasteiger partial charge in [-0.15, -0.1) is 0 Å². The van der Waals surface area contributed by atoms with Crippen LogP contribution < -0.4 is 10.2 Å². The summed E-state index contributed by atoms with van der Waals surface area (Å²) in [5, 5.41) is 4.08. The predicted octanol–water partition coefficient (Wildman–Crippen LogP) is 2.21. The third-order valence-corrected chi connectivity index (χ3v) is 7.43. The molecule has 8 nitrogen and oxygen atoms in total. The fourth-order valence-corrected chi connectivity index (χ4v) is 5.44. The summed E-state index contributed by atoms with van der Waals surface area (Å²) in [7, 11) is -2.05. The van der Waals surface area contributed by atoms with E-state index in [0.717, 1.165) is 5.69 Å². The number of rotatable bonds is 2. The molecule has 9 heteroatoms. The Morgan fingerprint density at radius 3 is 2.59 bits per heavy atom. The molecule has 0 aliphatic carbocycles. The van der Waals surface area contributed by atoms with Crippen molar-refractivity contribution in [3.63, 3.8) is 0 Å². The number of likely N-dealkylation sites (N-methyl/N-ethyl adjacent to an activating group) is 1. The van der Waals surface area contributed by atoms with Crippen LogP contribution in [0.15, 0.2) is 53.7 Å². The molecular formula is C20H20N4O4S. The maximum atomic E-state index is 13.1. The number of nitrogens with one attached hydrogen (secondary N) is 1. The van der Waals surface area contributed by atoms with Gasteiger partial charge < -0.3 is 15.0 Å². The average molecular weight is 412 g/mol. The van der Waals surface area contributed by atoms with E-state index in [2.05, 4.69) is 10.3 Å². The van der Waals surface area contributed by atoms with E-state index in [9.17, 15) is 13.2 Å². The van der Waals surface area contributed by atoms with Crippen molar-refractivity contribution in [2.75, 3.05) is 30.5 Å². The van der Waals surface area contributed by atoms with Crippen molar-refractivity contribution >= 4 is 38.3 Å². The summed E-state index contributed by atoms with van der Waals surface area (Å²) >= 11 is 0. The molecule has 2 aliphatic rings. The zero-order valence-corrected chi connectivity index (χ0v) is 16.6. The summed E-state index contributed by atoms with van der Waals surface area (Å²) in [4.78, 5) is 19.2. The number of amides is 1. The maximum absolute atomic E-state index is 13.1. The van der Waals surface area contributed by atoms with Crippen LogP contribution in [0.1, 0.15) is 12.8 Å². The highest BCUT2D eigenvalue weighted by Gasteiger charge is 2.46. The number of anilines is 2. The summed E-state index contributed by atoms with van der Waals surface area (Å²) < 4.78 is 32.9. The second-order valence-electron chi connectivity index (χ2n) is 7.37. The van der Waals surface area contributed by atoms with Crippen LogP contribution in [0, 0.1) is 0 Å². The number of hydrogen-bond acceptors (Lipinski definition) is 6. The molecule has 1 spiro atoms. The summed E-state index contributed by atoms with van der Waals surface area (Å²) in [6.45, 7) is 0.999. The Bertz CT molecular complexity index is 1210. The van der Waals surface area contributed by atoms with E-state index >= 15 is 0 Å². The number of ether oxygens (including phenoxy) is 1. The fraction of sp³-hybridized carbons (Fsp3) is 0.300. The van der Waals surface area contributed by atoms with E-state index in [1.54, 1.807) is 54.5 Å². The zero-order valence-electron chi connectivity index (χ0n) is 15.8. The lowest BCUT2D eigenvalue weighted by Crippen LogP contribution is -2.59. The largest absolute Gasteiger partial charge is 0.381 e. The molecule has 29 heavy (non-hydrogen) atoms. The van der Waals surface area contributed by atoms with Crippen molar-refractivity contribution in [2.24, 2.45) is 0 Å². The Morgan fingerprint density at radius 1 is 1.14 bits per heavy atom. The van der Waals surface area contributed by atoms with Crippen molar-refractivity contribution in [3.8, 4) is 0 Å². The lowest BCUT2D eigenvalue weighted by Gasteiger charge is -2.44. The number of carbonyl (C=O) groups excluding carboxylic acids is 1. The molecule has 1 N–H and O–H groups in total. The van der Waals surface area contributed by atoms with Gasteiger partial charge in [-0.3, -0.25) is 4.79 Å². The van der Waals surface area contributed by atoms with Crippen LogP contribution in [-0.4, -0.2) is 49.1 Å². The van der Waals surface area contributed by atoms with Crippen molar-refractivity contribution in [1.82, 2.24) is 8.96 Å². The molecule has 1 saturated heterocycles. The van der Waals surface area contributed by atoms with Crippen molar-refractivity contribution in [1.29, 1.82) is 0 Å². The molecular weight excluding hydrogens is 392 g/mol. The van der Waals surface area contributed by atoms with Gasteiger partial charge in [-0.05, 0) is 18.2 Å². The van der Waals surface area contributed by atoms with Crippen molar-refractivity contribution in [3.05, 3.63) is 48.8 Å². The number of hydrogen-bond donors (Lipinski definition) is 1. The first-order valence-electron chi connectivity index (χ1n) is 9.39. The molecule has 1 fully saturated rings. The van der Waals surface area contributed by atoms with Gasteiger partial charge in [0.15, 0.2) is 5.65 Å². The molecule has 1 amide bonds. The summed E-state index contributed by atoms with van der Waals surface area (Å²) in [6.07, 6.45) is 4.17. The SMILES string of the molecule is CN1C(=O)C2(CCOCC2)Nc2c1cnc1c2ccn1S(=O)(=O)c1ccccc1. The lowest BCUT2D eigenvalue weighted by atomic mass is 9.86. The minimum Gasteiger partial charge on any atom is -0.381 e. The molecule has 0 radical (unpaired) electrons. The van der Waals surface area contributed by atoms with Crippen molar-refractivity contribution < 1.29 is 17.9 Å². The Kier molecular flexibility index (Phi) is 3.94. The highest BCUT2D eigenvalue weighted by molar-refractivity contribution is 7.90. The van der Waals surface area contributed by atoms with Crippen LogP contribution in [0.4, 0.5) is 11.4 Å². The summed E-state index contributed by atoms with van der Waals surface area (Å²) in [5.41, 5.74) is 0.940. The van der Waals surface area contributed by atoms with E-state index in [1.165, 1.54) is 10.2 Å². The number of fused-ring (bicyclic) bond motifs is 3. The first-order chi connectivity index (χ1) is 13.9. The van der Waals surface area contributed by atoms with E-state index in [0.29, 0.717) is 42.8 Å². The molecule has 2 aliphatic heterocycles. The van der Waals surface area contributed by atoms with Gasteiger partial charge in [0.2, 0.25) is 0 Å². The first kappa shape index (κ1) is 18.1. The Hall–Kier alpha value is -2.91. The predicted molar refractivity (Wildman–Crippen MR) is 109 cm³/mol. The third kappa shape index (κ3) is 2.57. The molecule has 1 aromatic carbocycles. The van der Waals surface area contributed by atoms with Gasteiger partial charge in [0.25, 0.3) is 15.9 Å². The van der Waals surface area contributed by atoms with Gasteiger partial charge >= 0.3 is 0 Å². The molecule has 0 bridgehead atoms. The number of pyridine rings is 1. The van der Waals surface area contributed by atoms with E-state index < -0.39 is 15.6 Å². The van der Waals surface area contributed by atoms with Crippen LogP contribution in [0.2, 0.25) is 0 Å². The Balaban J connectivity index is 1.68. The smallest absolute Gasteiger partial charge is 0.269 e. The molecule has 2 aromatic heterocycles. The standard InChI is InChI=1S/C20H20N4O4S/c1-23-16-13-21-18-15(17(16)22-20(19(23)25)8-11-28-12-9-20)7-10-24(18)29(26,27)14-5-3-2-4-6-14/h2-7,10,13,22H,8-9,11-12H2,1H3. The second kappa shape index (κ2) is 6.30. The topological polar surface area (TPSA) is 93.5 Å². The molecule has 3 aromatic rings. The normalized spacial score (nSPS) is 18.7. The highest BCUT2D eigenvalue weighted by Crippen LogP contribution is 2.42. The van der Waals surface area contributed by atoms with Gasteiger partial charge in [-0.1, -0.05) is 18.2 Å². The van der Waals surface area contributed by atoms with Crippen LogP contribution in [-0.2, 0) is 19.6 Å². The molecule has 0 atom stereocenters. The first-order valence-corrected chi connectivity index (χ1v) is 10.8. The quantitative estimate of drug-likeness (QED) is 0.694. The highest BCUT2D eigenvalue weighted by atomic mass is 32.2. The van der Waals surface area contributed by atoms with Gasteiger partial charge in [0, 0.05) is 44.7 Å². The van der Waals surface area contributed by atoms with Crippen LogP contribution >= 0.6 is 0 Å². The molecule has 150 valence electrons. The fourth-order valence-electron chi connectivity index (χ4n) is 4.12. The zero-order chi connectivity index (χ0) is 20.2. The minimum absolute atomic E-state index is 0.0224. The molecule has 4 heterocycles. The van der Waals surface area contributed by atoms with Gasteiger partial charge in [-0.25, -0.2) is 17.4 Å². The van der Waals surface area contributed by atoms with Crippen molar-refractivity contribution in [2.45, 2.75) is 23.3 Å². The monoisotopic (exact) mass is 412 g/mol. The van der Waals surface area contributed by atoms with Gasteiger partial charge in [-0.2, -0.15) is 0 Å². The lowest BCUT2D eigenvalue weighted by molar-refractivity contribution is -0.125. The Morgan fingerprint density at radius 2 is 1.86 bits per heavy atom. The van der Waals surface area contributed by atoms with E-state index in [4.69, 9.17) is 4.74 Å².